The molecule has 0 aliphatic heterocycles. The Bertz CT molecular complexity index is 613. The zero-order valence-corrected chi connectivity index (χ0v) is 14.0. The zero-order valence-electron chi connectivity index (χ0n) is 12.4. The Hall–Kier alpha value is -1.81. The van der Waals surface area contributed by atoms with E-state index >= 15 is 0 Å². The number of hydrogen-bond donors (Lipinski definition) is 2. The quantitative estimate of drug-likeness (QED) is 0.828. The molecule has 2 rings (SSSR count). The second-order valence-electron chi connectivity index (χ2n) is 5.91. The first-order chi connectivity index (χ1) is 9.83. The second-order valence-corrected chi connectivity index (χ2v) is 6.83. The molecule has 0 heterocycles. The van der Waals surface area contributed by atoms with Crippen molar-refractivity contribution >= 4 is 33.2 Å². The van der Waals surface area contributed by atoms with Gasteiger partial charge in [-0.05, 0) is 69.3 Å². The first-order valence-electron chi connectivity index (χ1n) is 6.79. The van der Waals surface area contributed by atoms with E-state index in [1.807, 2.05) is 36.4 Å². The molecule has 0 radical (unpaired) electrons. The molecule has 0 unspecified atom stereocenters. The minimum Gasteiger partial charge on any atom is -0.380 e. The molecule has 0 atom stereocenters. The highest BCUT2D eigenvalue weighted by Gasteiger charge is 2.09. The third kappa shape index (κ3) is 4.90. The number of carbonyl (C=O) groups excluding carboxylic acids is 1. The van der Waals surface area contributed by atoms with Crippen LogP contribution in [0.4, 0.5) is 11.4 Å². The number of rotatable bonds is 3. The summed E-state index contributed by atoms with van der Waals surface area (Å²) in [4.78, 5) is 12.1. The molecule has 0 spiro atoms. The van der Waals surface area contributed by atoms with Crippen molar-refractivity contribution in [2.24, 2.45) is 0 Å². The van der Waals surface area contributed by atoms with Crippen LogP contribution < -0.4 is 10.6 Å². The minimum absolute atomic E-state index is 0.0161. The lowest BCUT2D eigenvalue weighted by molar-refractivity contribution is 0.102. The van der Waals surface area contributed by atoms with Crippen LogP contribution in [0, 0.1) is 0 Å². The summed E-state index contributed by atoms with van der Waals surface area (Å²) in [5.74, 6) is -0.112. The Balaban J connectivity index is 2.03. The largest absolute Gasteiger partial charge is 0.380 e. The fraction of sp³-hybridized carbons (Fsp3) is 0.235. The van der Waals surface area contributed by atoms with E-state index in [2.05, 4.69) is 47.3 Å². The molecule has 0 aliphatic carbocycles. The van der Waals surface area contributed by atoms with Gasteiger partial charge < -0.3 is 10.6 Å². The molecular weight excluding hydrogens is 328 g/mol. The van der Waals surface area contributed by atoms with Gasteiger partial charge in [-0.3, -0.25) is 4.79 Å². The molecule has 2 N–H and O–H groups in total. The van der Waals surface area contributed by atoms with Crippen molar-refractivity contribution in [1.29, 1.82) is 0 Å². The van der Waals surface area contributed by atoms with E-state index in [0.29, 0.717) is 5.56 Å². The summed E-state index contributed by atoms with van der Waals surface area (Å²) < 4.78 is 0.955. The smallest absolute Gasteiger partial charge is 0.255 e. The SMILES string of the molecule is CC(C)(C)Nc1ccc(NC(=O)c2ccc(Br)cc2)cc1. The van der Waals surface area contributed by atoms with Gasteiger partial charge in [-0.1, -0.05) is 15.9 Å². The van der Waals surface area contributed by atoms with Gasteiger partial charge in [0.05, 0.1) is 0 Å². The monoisotopic (exact) mass is 346 g/mol. The summed E-state index contributed by atoms with van der Waals surface area (Å²) in [6, 6.07) is 15.0. The van der Waals surface area contributed by atoms with Crippen molar-refractivity contribution in [3.05, 3.63) is 58.6 Å². The maximum absolute atomic E-state index is 12.1. The molecule has 0 fully saturated rings. The average molecular weight is 347 g/mol. The first kappa shape index (κ1) is 15.6. The molecule has 0 saturated heterocycles. The van der Waals surface area contributed by atoms with E-state index < -0.39 is 0 Å². The lowest BCUT2D eigenvalue weighted by atomic mass is 10.1. The Morgan fingerprint density at radius 3 is 1.95 bits per heavy atom. The highest BCUT2D eigenvalue weighted by atomic mass is 79.9. The molecule has 0 aromatic heterocycles. The van der Waals surface area contributed by atoms with E-state index in [1.54, 1.807) is 12.1 Å². The Morgan fingerprint density at radius 1 is 0.905 bits per heavy atom. The van der Waals surface area contributed by atoms with Crippen molar-refractivity contribution in [3.63, 3.8) is 0 Å². The number of hydrogen-bond acceptors (Lipinski definition) is 2. The van der Waals surface area contributed by atoms with E-state index in [9.17, 15) is 4.79 Å². The maximum atomic E-state index is 12.1. The molecule has 2 aromatic carbocycles. The summed E-state index contributed by atoms with van der Waals surface area (Å²) in [6.07, 6.45) is 0. The fourth-order valence-electron chi connectivity index (χ4n) is 1.87. The van der Waals surface area contributed by atoms with Crippen LogP contribution in [0.15, 0.2) is 53.0 Å². The first-order valence-corrected chi connectivity index (χ1v) is 7.58. The topological polar surface area (TPSA) is 41.1 Å². The van der Waals surface area contributed by atoms with Crippen molar-refractivity contribution < 1.29 is 4.79 Å². The Morgan fingerprint density at radius 2 is 1.43 bits per heavy atom. The van der Waals surface area contributed by atoms with Gasteiger partial charge >= 0.3 is 0 Å². The predicted molar refractivity (Wildman–Crippen MR) is 91.9 cm³/mol. The van der Waals surface area contributed by atoms with Crippen LogP contribution in [-0.4, -0.2) is 11.4 Å². The molecule has 21 heavy (non-hydrogen) atoms. The zero-order chi connectivity index (χ0) is 15.5. The van der Waals surface area contributed by atoms with E-state index in [1.165, 1.54) is 0 Å². The van der Waals surface area contributed by atoms with Gasteiger partial charge in [0.1, 0.15) is 0 Å². The molecule has 0 bridgehead atoms. The maximum Gasteiger partial charge on any atom is 0.255 e. The van der Waals surface area contributed by atoms with Gasteiger partial charge in [-0.15, -0.1) is 0 Å². The standard InChI is InChI=1S/C17H19BrN2O/c1-17(2,3)20-15-10-8-14(9-11-15)19-16(21)12-4-6-13(18)7-5-12/h4-11,20H,1-3H3,(H,19,21). The van der Waals surface area contributed by atoms with Crippen LogP contribution in [0.1, 0.15) is 31.1 Å². The Labute approximate surface area is 133 Å². The molecule has 4 heteroatoms. The third-order valence-electron chi connectivity index (χ3n) is 2.77. The van der Waals surface area contributed by atoms with Crippen molar-refractivity contribution in [2.45, 2.75) is 26.3 Å². The van der Waals surface area contributed by atoms with E-state index in [-0.39, 0.29) is 11.4 Å². The average Bonchev–Trinajstić information content (AvgIpc) is 2.40. The predicted octanol–water partition coefficient (Wildman–Crippen LogP) is 4.91. The van der Waals surface area contributed by atoms with Crippen LogP contribution in [0.5, 0.6) is 0 Å². The lowest BCUT2D eigenvalue weighted by Gasteiger charge is -2.22. The van der Waals surface area contributed by atoms with Crippen LogP contribution >= 0.6 is 15.9 Å². The number of carbonyl (C=O) groups is 1. The highest BCUT2D eigenvalue weighted by Crippen LogP contribution is 2.18. The van der Waals surface area contributed by atoms with Gasteiger partial charge in [0.2, 0.25) is 0 Å². The van der Waals surface area contributed by atoms with Crippen LogP contribution in [0.3, 0.4) is 0 Å². The van der Waals surface area contributed by atoms with Gasteiger partial charge in [0.25, 0.3) is 5.91 Å². The number of nitrogens with one attached hydrogen (secondary N) is 2. The third-order valence-corrected chi connectivity index (χ3v) is 3.30. The summed E-state index contributed by atoms with van der Waals surface area (Å²) in [5, 5.41) is 6.27. The number of benzene rings is 2. The number of halogens is 1. The van der Waals surface area contributed by atoms with E-state index in [4.69, 9.17) is 0 Å². The van der Waals surface area contributed by atoms with Gasteiger partial charge in [0, 0.05) is 26.9 Å². The van der Waals surface area contributed by atoms with Crippen LogP contribution in [0.2, 0.25) is 0 Å². The van der Waals surface area contributed by atoms with Crippen molar-refractivity contribution in [2.75, 3.05) is 10.6 Å². The molecule has 2 aromatic rings. The fourth-order valence-corrected chi connectivity index (χ4v) is 2.14. The molecule has 0 aliphatic rings. The van der Waals surface area contributed by atoms with Gasteiger partial charge in [-0.25, -0.2) is 0 Å². The molecule has 0 saturated carbocycles. The van der Waals surface area contributed by atoms with Crippen LogP contribution in [-0.2, 0) is 0 Å². The summed E-state index contributed by atoms with van der Waals surface area (Å²) >= 11 is 3.35. The summed E-state index contributed by atoms with van der Waals surface area (Å²) in [5.41, 5.74) is 2.46. The van der Waals surface area contributed by atoms with Crippen molar-refractivity contribution in [1.82, 2.24) is 0 Å². The van der Waals surface area contributed by atoms with E-state index in [0.717, 1.165) is 15.8 Å². The van der Waals surface area contributed by atoms with Gasteiger partial charge in [0.15, 0.2) is 0 Å². The van der Waals surface area contributed by atoms with Crippen LogP contribution in [0.25, 0.3) is 0 Å². The van der Waals surface area contributed by atoms with Gasteiger partial charge in [-0.2, -0.15) is 0 Å². The highest BCUT2D eigenvalue weighted by molar-refractivity contribution is 9.10. The molecule has 1 amide bonds. The molecule has 3 nitrogen and oxygen atoms in total. The Kier molecular flexibility index (Phi) is 4.68. The molecule has 110 valence electrons. The lowest BCUT2D eigenvalue weighted by Crippen LogP contribution is -2.25. The summed E-state index contributed by atoms with van der Waals surface area (Å²) in [7, 11) is 0. The second kappa shape index (κ2) is 6.31. The number of amides is 1. The summed E-state index contributed by atoms with van der Waals surface area (Å²) in [6.45, 7) is 6.32. The normalized spacial score (nSPS) is 11.0. The minimum atomic E-state index is -0.112. The number of anilines is 2. The molecular formula is C17H19BrN2O. The van der Waals surface area contributed by atoms with Crippen molar-refractivity contribution in [3.8, 4) is 0 Å².